The fourth-order valence-electron chi connectivity index (χ4n) is 7.60. The Kier molecular flexibility index (Phi) is 17.0. The molecule has 2 atom stereocenters. The van der Waals surface area contributed by atoms with Gasteiger partial charge in [0.2, 0.25) is 0 Å². The van der Waals surface area contributed by atoms with Crippen LogP contribution in [0.3, 0.4) is 0 Å². The number of carboxylic acid groups (broad SMARTS) is 4. The van der Waals surface area contributed by atoms with E-state index >= 15 is 0 Å². The zero-order valence-corrected chi connectivity index (χ0v) is 37.8. The van der Waals surface area contributed by atoms with E-state index in [0.717, 1.165) is 23.3 Å². The van der Waals surface area contributed by atoms with Crippen molar-refractivity contribution in [3.63, 3.8) is 0 Å². The molecular formula is C53H48N4O14. The minimum Gasteiger partial charge on any atom is -0.508 e. The van der Waals surface area contributed by atoms with E-state index in [9.17, 15) is 69.0 Å². The van der Waals surface area contributed by atoms with E-state index in [2.05, 4.69) is 10.6 Å². The number of benzene rings is 6. The number of amides is 6. The van der Waals surface area contributed by atoms with Crippen LogP contribution in [0.1, 0.15) is 74.8 Å². The van der Waals surface area contributed by atoms with Crippen LogP contribution < -0.4 is 10.6 Å². The number of carbonyl (C=O) groups excluding carboxylic acids is 4. The van der Waals surface area contributed by atoms with Gasteiger partial charge in [-0.25, -0.2) is 29.0 Å². The monoisotopic (exact) mass is 964 g/mol. The van der Waals surface area contributed by atoms with Gasteiger partial charge in [-0.3, -0.25) is 19.2 Å². The normalized spacial score (nSPS) is 11.6. The first-order valence-electron chi connectivity index (χ1n) is 22.0. The molecule has 364 valence electrons. The molecule has 0 saturated carbocycles. The molecule has 71 heavy (non-hydrogen) atoms. The minimum absolute atomic E-state index is 0.0728. The second kappa shape index (κ2) is 23.6. The van der Waals surface area contributed by atoms with Crippen molar-refractivity contribution in [2.45, 2.75) is 44.2 Å². The van der Waals surface area contributed by atoms with E-state index in [0.29, 0.717) is 20.9 Å². The molecule has 6 rings (SSSR count). The highest BCUT2D eigenvalue weighted by atomic mass is 16.4. The van der Waals surface area contributed by atoms with E-state index in [1.165, 1.54) is 72.8 Å². The standard InChI is InChI=1S/C53H48N4O14/c58-42-15-11-34(12-16-42)28-44(50(64)65)54-46(60)38-24-36(25-39(30-38)47(61)55-45(51(66)67)29-35-13-17-43(59)18-14-35)23-37-26-40(48(62)56(52(68)69)21-19-32-7-3-1-4-8-32)31-41(27-37)49(63)57(53(70)71)22-20-33-9-5-2-6-10-33/h1-18,24-27,30-31,44-45,58-59H,19-23,28-29H2,(H,54,60)(H,55,61)(H,64,65)(H,66,67)(H,68,69)(H,70,71). The van der Waals surface area contributed by atoms with Gasteiger partial charge >= 0.3 is 24.1 Å². The SMILES string of the molecule is O=C(NC(Cc1ccc(O)cc1)C(=O)O)c1cc(Cc2cc(C(=O)N(CCc3ccccc3)C(=O)O)cc(C(=O)N(CCc3ccccc3)C(=O)O)c2)cc(C(=O)NC(Cc2ccc(O)cc2)C(=O)O)c1. The molecule has 0 heterocycles. The number of hydrogen-bond donors (Lipinski definition) is 8. The van der Waals surface area contributed by atoms with E-state index in [1.807, 2.05) is 0 Å². The van der Waals surface area contributed by atoms with Gasteiger partial charge in [0.15, 0.2) is 0 Å². The first-order valence-corrected chi connectivity index (χ1v) is 22.0. The van der Waals surface area contributed by atoms with E-state index < -0.39 is 59.8 Å². The summed E-state index contributed by atoms with van der Waals surface area (Å²) in [7, 11) is 0. The highest BCUT2D eigenvalue weighted by molar-refractivity contribution is 6.07. The van der Waals surface area contributed by atoms with Crippen molar-refractivity contribution in [1.29, 1.82) is 0 Å². The molecule has 0 fully saturated rings. The number of rotatable bonds is 20. The lowest BCUT2D eigenvalue weighted by molar-refractivity contribution is -0.140. The van der Waals surface area contributed by atoms with Crippen LogP contribution in [0.2, 0.25) is 0 Å². The maximum absolute atomic E-state index is 14.2. The Balaban J connectivity index is 1.41. The maximum Gasteiger partial charge on any atom is 0.414 e. The fraction of sp³-hybridized carbons (Fsp3) is 0.170. The third-order valence-corrected chi connectivity index (χ3v) is 11.3. The zero-order chi connectivity index (χ0) is 51.2. The lowest BCUT2D eigenvalue weighted by Crippen LogP contribution is -2.43. The molecule has 0 spiro atoms. The molecular weight excluding hydrogens is 917 g/mol. The summed E-state index contributed by atoms with van der Waals surface area (Å²) in [6.07, 6.45) is -3.71. The van der Waals surface area contributed by atoms with Crippen LogP contribution in [0.5, 0.6) is 11.5 Å². The van der Waals surface area contributed by atoms with Gasteiger partial charge in [0, 0.05) is 48.2 Å². The van der Waals surface area contributed by atoms with Crippen LogP contribution in [0.15, 0.2) is 146 Å². The van der Waals surface area contributed by atoms with Gasteiger partial charge in [-0.05, 0) is 113 Å². The number of aromatic hydroxyl groups is 2. The lowest BCUT2D eigenvalue weighted by atomic mass is 9.95. The van der Waals surface area contributed by atoms with Gasteiger partial charge in [-0.1, -0.05) is 84.9 Å². The van der Waals surface area contributed by atoms with Crippen molar-refractivity contribution in [3.8, 4) is 11.5 Å². The number of hydrogen-bond acceptors (Lipinski definition) is 10. The van der Waals surface area contributed by atoms with Crippen LogP contribution in [-0.4, -0.2) is 113 Å². The zero-order valence-electron chi connectivity index (χ0n) is 37.8. The molecule has 2 unspecified atom stereocenters. The maximum atomic E-state index is 14.2. The number of carboxylic acids is 2. The van der Waals surface area contributed by atoms with Crippen LogP contribution in [-0.2, 0) is 41.7 Å². The van der Waals surface area contributed by atoms with Gasteiger partial charge in [0.1, 0.15) is 23.6 Å². The Morgan fingerprint density at radius 2 is 0.746 bits per heavy atom. The van der Waals surface area contributed by atoms with Crippen molar-refractivity contribution in [1.82, 2.24) is 20.4 Å². The number of carbonyl (C=O) groups is 8. The molecule has 6 aromatic carbocycles. The second-order valence-electron chi connectivity index (χ2n) is 16.4. The number of phenols is 2. The Labute approximate surface area is 406 Å². The van der Waals surface area contributed by atoms with Gasteiger partial charge in [-0.2, -0.15) is 0 Å². The Bertz CT molecular complexity index is 2740. The number of imide groups is 2. The molecule has 6 amide bonds. The molecule has 18 nitrogen and oxygen atoms in total. The first-order chi connectivity index (χ1) is 33.9. The fourth-order valence-corrected chi connectivity index (χ4v) is 7.60. The molecule has 0 aliphatic rings. The third-order valence-electron chi connectivity index (χ3n) is 11.3. The van der Waals surface area contributed by atoms with Crippen LogP contribution in [0.4, 0.5) is 9.59 Å². The van der Waals surface area contributed by atoms with Crippen LogP contribution >= 0.6 is 0 Å². The summed E-state index contributed by atoms with van der Waals surface area (Å²) in [4.78, 5) is 108. The summed E-state index contributed by atoms with van der Waals surface area (Å²) in [6.45, 7) is -0.596. The van der Waals surface area contributed by atoms with Crippen LogP contribution in [0.25, 0.3) is 0 Å². The average molecular weight is 965 g/mol. The van der Waals surface area contributed by atoms with Gasteiger partial charge in [-0.15, -0.1) is 0 Å². The smallest absolute Gasteiger partial charge is 0.414 e. The first kappa shape index (κ1) is 51.1. The molecule has 0 aliphatic heterocycles. The number of nitrogens with one attached hydrogen (secondary N) is 2. The number of aliphatic carboxylic acids is 2. The molecule has 0 radical (unpaired) electrons. The molecule has 8 N–H and O–H groups in total. The van der Waals surface area contributed by atoms with Crippen molar-refractivity contribution >= 4 is 47.8 Å². The van der Waals surface area contributed by atoms with Crippen molar-refractivity contribution < 1.29 is 69.0 Å². The topological polar surface area (TPSA) is 288 Å². The van der Waals surface area contributed by atoms with E-state index in [4.69, 9.17) is 0 Å². The molecule has 0 bridgehead atoms. The number of phenolic OH excluding ortho intramolecular Hbond substituents is 2. The van der Waals surface area contributed by atoms with Crippen molar-refractivity contribution in [2.75, 3.05) is 13.1 Å². The summed E-state index contributed by atoms with van der Waals surface area (Å²) in [6, 6.07) is 33.0. The third kappa shape index (κ3) is 14.3. The van der Waals surface area contributed by atoms with Gasteiger partial charge in [0.25, 0.3) is 23.6 Å². The van der Waals surface area contributed by atoms with Crippen LogP contribution in [0, 0.1) is 0 Å². The molecule has 18 heteroatoms. The Morgan fingerprint density at radius 3 is 1.08 bits per heavy atom. The highest BCUT2D eigenvalue weighted by Gasteiger charge is 2.29. The summed E-state index contributed by atoms with van der Waals surface area (Å²) >= 11 is 0. The Hall–Kier alpha value is -9.32. The molecule has 0 aliphatic carbocycles. The predicted octanol–water partition coefficient (Wildman–Crippen LogP) is 6.27. The quantitative estimate of drug-likeness (QED) is 0.0419. The van der Waals surface area contributed by atoms with Gasteiger partial charge < -0.3 is 41.3 Å². The summed E-state index contributed by atoms with van der Waals surface area (Å²) in [5, 5.41) is 65.0. The van der Waals surface area contributed by atoms with Crippen molar-refractivity contribution in [2.24, 2.45) is 0 Å². The molecule has 0 saturated heterocycles. The predicted molar refractivity (Wildman–Crippen MR) is 256 cm³/mol. The second-order valence-corrected chi connectivity index (χ2v) is 16.4. The van der Waals surface area contributed by atoms with E-state index in [1.54, 1.807) is 60.7 Å². The number of nitrogens with zero attached hydrogens (tertiary/aromatic N) is 2. The summed E-state index contributed by atoms with van der Waals surface area (Å²) in [5.41, 5.74) is 1.39. The lowest BCUT2D eigenvalue weighted by Gasteiger charge is -2.21. The largest absolute Gasteiger partial charge is 0.508 e. The highest BCUT2D eigenvalue weighted by Crippen LogP contribution is 2.23. The average Bonchev–Trinajstić information content (AvgIpc) is 3.35. The summed E-state index contributed by atoms with van der Waals surface area (Å²) in [5.74, 6) is -7.04. The molecule has 6 aromatic rings. The summed E-state index contributed by atoms with van der Waals surface area (Å²) < 4.78 is 0. The minimum atomic E-state index is -1.61. The Morgan fingerprint density at radius 1 is 0.408 bits per heavy atom. The molecule has 0 aromatic heterocycles. The van der Waals surface area contributed by atoms with Crippen molar-refractivity contribution in [3.05, 3.63) is 201 Å². The van der Waals surface area contributed by atoms with E-state index in [-0.39, 0.29) is 90.1 Å². The van der Waals surface area contributed by atoms with Gasteiger partial charge in [0.05, 0.1) is 0 Å².